The maximum absolute atomic E-state index is 5.54. The number of fused-ring (bicyclic) bond motifs is 3. The van der Waals surface area contributed by atoms with Gasteiger partial charge in [0, 0.05) is 12.1 Å². The minimum atomic E-state index is 0.349. The molecule has 0 radical (unpaired) electrons. The lowest BCUT2D eigenvalue weighted by Gasteiger charge is -2.41. The molecule has 0 aromatic heterocycles. The summed E-state index contributed by atoms with van der Waals surface area (Å²) in [6.07, 6.45) is 6.07. The number of benzene rings is 2. The molecule has 0 saturated carbocycles. The van der Waals surface area contributed by atoms with Crippen molar-refractivity contribution in [2.75, 3.05) is 6.79 Å². The molecule has 4 aliphatic rings. The first-order chi connectivity index (χ1) is 11.8. The Morgan fingerprint density at radius 2 is 1.75 bits per heavy atom. The Morgan fingerprint density at radius 1 is 0.917 bits per heavy atom. The van der Waals surface area contributed by atoms with Gasteiger partial charge in [0.2, 0.25) is 6.79 Å². The number of piperidine rings is 1. The summed E-state index contributed by atoms with van der Waals surface area (Å²) >= 11 is 0. The number of nitrogens with one attached hydrogen (secondary N) is 1. The minimum absolute atomic E-state index is 0.349. The summed E-state index contributed by atoms with van der Waals surface area (Å²) < 4.78 is 11.0. The van der Waals surface area contributed by atoms with E-state index < -0.39 is 0 Å². The molecule has 2 bridgehead atoms. The molecule has 3 heterocycles. The number of ether oxygens (including phenoxy) is 2. The fourth-order valence-electron chi connectivity index (χ4n) is 4.60. The Morgan fingerprint density at radius 3 is 2.67 bits per heavy atom. The molecule has 0 unspecified atom stereocenters. The van der Waals surface area contributed by atoms with Crippen LogP contribution in [0.1, 0.15) is 29.5 Å². The summed E-state index contributed by atoms with van der Waals surface area (Å²) in [6, 6.07) is 16.6. The fraction of sp³-hybridized carbons (Fsp3) is 0.429. The highest BCUT2D eigenvalue weighted by Gasteiger charge is 2.33. The van der Waals surface area contributed by atoms with Gasteiger partial charge in [-0.25, -0.2) is 0 Å². The lowest BCUT2D eigenvalue weighted by atomic mass is 9.75. The maximum Gasteiger partial charge on any atom is 0.231 e. The molecule has 0 amide bonds. The predicted octanol–water partition coefficient (Wildman–Crippen LogP) is 3.49. The van der Waals surface area contributed by atoms with Crippen LogP contribution in [0.25, 0.3) is 0 Å². The topological polar surface area (TPSA) is 30.5 Å². The molecule has 0 spiro atoms. The predicted molar refractivity (Wildman–Crippen MR) is 93.6 cm³/mol. The van der Waals surface area contributed by atoms with Crippen LogP contribution >= 0.6 is 0 Å². The Balaban J connectivity index is 1.39. The molecule has 24 heavy (non-hydrogen) atoms. The first-order valence-electron chi connectivity index (χ1n) is 9.06. The first-order valence-corrected chi connectivity index (χ1v) is 9.06. The molecule has 1 N–H and O–H groups in total. The second-order valence-corrected chi connectivity index (χ2v) is 7.38. The zero-order valence-electron chi connectivity index (χ0n) is 13.8. The van der Waals surface area contributed by atoms with E-state index in [9.17, 15) is 0 Å². The Labute approximate surface area is 143 Å². The summed E-state index contributed by atoms with van der Waals surface area (Å²) in [7, 11) is 0. The van der Waals surface area contributed by atoms with Crippen molar-refractivity contribution in [3.63, 3.8) is 0 Å². The highest BCUT2D eigenvalue weighted by atomic mass is 16.7. The zero-order chi connectivity index (χ0) is 15.9. The molecule has 3 aliphatic heterocycles. The molecule has 6 rings (SSSR count). The summed E-state index contributed by atoms with van der Waals surface area (Å²) in [5.74, 6) is 2.49. The van der Waals surface area contributed by atoms with Crippen LogP contribution in [0.3, 0.4) is 0 Å². The van der Waals surface area contributed by atoms with Crippen molar-refractivity contribution in [1.29, 1.82) is 0 Å². The van der Waals surface area contributed by atoms with Crippen LogP contribution in [0.2, 0.25) is 0 Å². The normalized spacial score (nSPS) is 27.4. The van der Waals surface area contributed by atoms with E-state index in [4.69, 9.17) is 9.47 Å². The largest absolute Gasteiger partial charge is 0.454 e. The van der Waals surface area contributed by atoms with Gasteiger partial charge >= 0.3 is 0 Å². The SMILES string of the molecule is c1ccc2c(c1)C[C@H]1CC[C@@H](C2)[C@H](Cc2ccc3c(c2)OCO3)N1. The summed E-state index contributed by atoms with van der Waals surface area (Å²) in [5.41, 5.74) is 4.45. The van der Waals surface area contributed by atoms with Gasteiger partial charge in [0.1, 0.15) is 0 Å². The van der Waals surface area contributed by atoms with Gasteiger partial charge in [0.15, 0.2) is 11.5 Å². The Kier molecular flexibility index (Phi) is 3.48. The van der Waals surface area contributed by atoms with Crippen molar-refractivity contribution in [3.8, 4) is 11.5 Å². The van der Waals surface area contributed by atoms with Gasteiger partial charge in [-0.3, -0.25) is 0 Å². The smallest absolute Gasteiger partial charge is 0.231 e. The monoisotopic (exact) mass is 321 g/mol. The Hall–Kier alpha value is -2.00. The van der Waals surface area contributed by atoms with Crippen LogP contribution < -0.4 is 14.8 Å². The van der Waals surface area contributed by atoms with Crippen molar-refractivity contribution in [3.05, 3.63) is 59.2 Å². The van der Waals surface area contributed by atoms with Gasteiger partial charge in [-0.05, 0) is 66.8 Å². The van der Waals surface area contributed by atoms with E-state index in [0.717, 1.165) is 17.9 Å². The van der Waals surface area contributed by atoms with Crippen LogP contribution in [-0.4, -0.2) is 18.9 Å². The van der Waals surface area contributed by atoms with Gasteiger partial charge < -0.3 is 14.8 Å². The van der Waals surface area contributed by atoms with Crippen molar-refractivity contribution < 1.29 is 9.47 Å². The third-order valence-electron chi connectivity index (χ3n) is 5.86. The zero-order valence-corrected chi connectivity index (χ0v) is 13.8. The van der Waals surface area contributed by atoms with Crippen molar-refractivity contribution >= 4 is 0 Å². The fourth-order valence-corrected chi connectivity index (χ4v) is 4.60. The summed E-state index contributed by atoms with van der Waals surface area (Å²) in [4.78, 5) is 0. The summed E-state index contributed by atoms with van der Waals surface area (Å²) in [6.45, 7) is 0.349. The third kappa shape index (κ3) is 2.57. The van der Waals surface area contributed by atoms with Crippen LogP contribution in [0.15, 0.2) is 42.5 Å². The molecule has 1 fully saturated rings. The van der Waals surface area contributed by atoms with E-state index in [1.807, 2.05) is 6.07 Å². The van der Waals surface area contributed by atoms with E-state index in [1.54, 1.807) is 11.1 Å². The van der Waals surface area contributed by atoms with E-state index in [2.05, 4.69) is 41.7 Å². The highest BCUT2D eigenvalue weighted by molar-refractivity contribution is 5.44. The second kappa shape index (κ2) is 5.82. The van der Waals surface area contributed by atoms with Gasteiger partial charge in [-0.2, -0.15) is 0 Å². The lowest BCUT2D eigenvalue weighted by Crippen LogP contribution is -2.51. The maximum atomic E-state index is 5.54. The molecule has 3 heteroatoms. The van der Waals surface area contributed by atoms with Crippen molar-refractivity contribution in [1.82, 2.24) is 5.32 Å². The molecule has 124 valence electrons. The van der Waals surface area contributed by atoms with Gasteiger partial charge in [-0.15, -0.1) is 0 Å². The van der Waals surface area contributed by atoms with Crippen molar-refractivity contribution in [2.24, 2.45) is 5.92 Å². The number of rotatable bonds is 2. The van der Waals surface area contributed by atoms with E-state index in [0.29, 0.717) is 24.8 Å². The third-order valence-corrected chi connectivity index (χ3v) is 5.86. The molecule has 1 saturated heterocycles. The molecule has 1 aliphatic carbocycles. The Bertz CT molecular complexity index is 757. The summed E-state index contributed by atoms with van der Waals surface area (Å²) in [5, 5.41) is 3.94. The van der Waals surface area contributed by atoms with E-state index >= 15 is 0 Å². The number of hydrogen-bond acceptors (Lipinski definition) is 3. The molecular weight excluding hydrogens is 298 g/mol. The lowest BCUT2D eigenvalue weighted by molar-refractivity contribution is 0.174. The quantitative estimate of drug-likeness (QED) is 0.918. The highest BCUT2D eigenvalue weighted by Crippen LogP contribution is 2.35. The average Bonchev–Trinajstić information content (AvgIpc) is 3.03. The molecular formula is C21H23NO2. The standard InChI is InChI=1S/C21H23NO2/c1-2-4-16-12-18-7-6-17(11-15(16)3-1)19(22-18)9-14-5-8-20-21(10-14)24-13-23-20/h1-5,8,10,17-19,22H,6-7,9,11-13H2/t17-,18+,19-/m0/s1. The van der Waals surface area contributed by atoms with Crippen LogP contribution in [0, 0.1) is 5.92 Å². The molecule has 2 aromatic carbocycles. The average molecular weight is 321 g/mol. The van der Waals surface area contributed by atoms with Gasteiger partial charge in [0.25, 0.3) is 0 Å². The van der Waals surface area contributed by atoms with Crippen molar-refractivity contribution in [2.45, 2.75) is 44.2 Å². The van der Waals surface area contributed by atoms with E-state index in [-0.39, 0.29) is 0 Å². The molecule has 3 nitrogen and oxygen atoms in total. The molecule has 2 aromatic rings. The number of hydrogen-bond donors (Lipinski definition) is 1. The second-order valence-electron chi connectivity index (χ2n) is 7.38. The van der Waals surface area contributed by atoms with Gasteiger partial charge in [0.05, 0.1) is 0 Å². The minimum Gasteiger partial charge on any atom is -0.454 e. The van der Waals surface area contributed by atoms with Crippen LogP contribution in [0.4, 0.5) is 0 Å². The molecule has 3 atom stereocenters. The van der Waals surface area contributed by atoms with Crippen LogP contribution in [0.5, 0.6) is 11.5 Å². The van der Waals surface area contributed by atoms with Gasteiger partial charge in [-0.1, -0.05) is 30.3 Å². The van der Waals surface area contributed by atoms with Crippen LogP contribution in [-0.2, 0) is 19.3 Å². The van der Waals surface area contributed by atoms with E-state index in [1.165, 1.54) is 31.2 Å². The first kappa shape index (κ1) is 14.4.